The van der Waals surface area contributed by atoms with E-state index in [4.69, 9.17) is 4.74 Å². The topological polar surface area (TPSA) is 48.5 Å². The average molecular weight is 350 g/mol. The number of hydrogen-bond donors (Lipinski definition) is 2. The van der Waals surface area contributed by atoms with Gasteiger partial charge in [-0.1, -0.05) is 24.3 Å². The van der Waals surface area contributed by atoms with Gasteiger partial charge >= 0.3 is 0 Å². The molecule has 26 heavy (non-hydrogen) atoms. The lowest BCUT2D eigenvalue weighted by atomic mass is 10.1. The summed E-state index contributed by atoms with van der Waals surface area (Å²) in [5.74, 6) is 0.884. The van der Waals surface area contributed by atoms with E-state index in [0.29, 0.717) is 0 Å². The molecule has 0 unspecified atom stereocenters. The SMILES string of the molecule is C=CCN(CCc1c[nH]c2ccc(CO)cc12)Cc1cccc(OC)c1. The molecule has 0 saturated carbocycles. The van der Waals surface area contributed by atoms with Crippen LogP contribution in [-0.4, -0.2) is 35.2 Å². The molecular formula is C22H26N2O2. The van der Waals surface area contributed by atoms with Crippen molar-refractivity contribution in [2.45, 2.75) is 19.6 Å². The van der Waals surface area contributed by atoms with Gasteiger partial charge in [0, 0.05) is 36.7 Å². The molecule has 0 saturated heterocycles. The van der Waals surface area contributed by atoms with Gasteiger partial charge in [-0.2, -0.15) is 0 Å². The van der Waals surface area contributed by atoms with Crippen molar-refractivity contribution in [3.63, 3.8) is 0 Å². The Hall–Kier alpha value is -2.56. The second kappa shape index (κ2) is 8.70. The van der Waals surface area contributed by atoms with Gasteiger partial charge in [0.2, 0.25) is 0 Å². The first kappa shape index (κ1) is 18.2. The Balaban J connectivity index is 1.71. The molecule has 4 heteroatoms. The molecule has 0 bridgehead atoms. The van der Waals surface area contributed by atoms with Gasteiger partial charge in [0.05, 0.1) is 13.7 Å². The predicted octanol–water partition coefficient (Wildman–Crippen LogP) is 3.90. The zero-order valence-electron chi connectivity index (χ0n) is 15.2. The molecule has 0 spiro atoms. The Labute approximate surface area is 154 Å². The van der Waals surface area contributed by atoms with Gasteiger partial charge in [-0.25, -0.2) is 0 Å². The summed E-state index contributed by atoms with van der Waals surface area (Å²) < 4.78 is 5.32. The number of ether oxygens (including phenoxy) is 1. The Morgan fingerprint density at radius 1 is 1.19 bits per heavy atom. The summed E-state index contributed by atoms with van der Waals surface area (Å²) in [6, 6.07) is 14.2. The predicted molar refractivity (Wildman–Crippen MR) is 106 cm³/mol. The summed E-state index contributed by atoms with van der Waals surface area (Å²) in [5.41, 5.74) is 4.56. The van der Waals surface area contributed by atoms with Crippen LogP contribution in [0.2, 0.25) is 0 Å². The lowest BCUT2D eigenvalue weighted by Gasteiger charge is -2.21. The molecule has 3 aromatic rings. The van der Waals surface area contributed by atoms with Gasteiger partial charge in [0.15, 0.2) is 0 Å². The van der Waals surface area contributed by atoms with E-state index in [9.17, 15) is 5.11 Å². The number of benzene rings is 2. The first-order valence-corrected chi connectivity index (χ1v) is 8.89. The van der Waals surface area contributed by atoms with Gasteiger partial charge < -0.3 is 14.8 Å². The molecule has 0 atom stereocenters. The molecule has 0 amide bonds. The largest absolute Gasteiger partial charge is 0.497 e. The van der Waals surface area contributed by atoms with Crippen LogP contribution in [0.25, 0.3) is 10.9 Å². The maximum absolute atomic E-state index is 9.38. The smallest absolute Gasteiger partial charge is 0.119 e. The number of aromatic nitrogens is 1. The molecule has 0 radical (unpaired) electrons. The summed E-state index contributed by atoms with van der Waals surface area (Å²) in [4.78, 5) is 5.69. The van der Waals surface area contributed by atoms with Crippen molar-refractivity contribution in [1.29, 1.82) is 0 Å². The molecule has 1 aromatic heterocycles. The summed E-state index contributed by atoms with van der Waals surface area (Å²) >= 11 is 0. The van der Waals surface area contributed by atoms with Crippen LogP contribution in [0.1, 0.15) is 16.7 Å². The third-order valence-electron chi connectivity index (χ3n) is 4.64. The minimum Gasteiger partial charge on any atom is -0.497 e. The number of H-pyrrole nitrogens is 1. The van der Waals surface area contributed by atoms with Crippen molar-refractivity contribution in [2.75, 3.05) is 20.2 Å². The van der Waals surface area contributed by atoms with Gasteiger partial charge in [0.1, 0.15) is 5.75 Å². The Bertz CT molecular complexity index is 869. The van der Waals surface area contributed by atoms with E-state index >= 15 is 0 Å². The first-order chi connectivity index (χ1) is 12.7. The summed E-state index contributed by atoms with van der Waals surface area (Å²) in [6.07, 6.45) is 4.95. The van der Waals surface area contributed by atoms with Gasteiger partial charge in [0.25, 0.3) is 0 Å². The number of aliphatic hydroxyl groups is 1. The molecular weight excluding hydrogens is 324 g/mol. The van der Waals surface area contributed by atoms with E-state index in [1.165, 1.54) is 16.5 Å². The number of fused-ring (bicyclic) bond motifs is 1. The zero-order valence-corrected chi connectivity index (χ0v) is 15.2. The Morgan fingerprint density at radius 2 is 2.08 bits per heavy atom. The van der Waals surface area contributed by atoms with E-state index in [0.717, 1.165) is 42.9 Å². The third-order valence-corrected chi connectivity index (χ3v) is 4.64. The number of nitrogens with zero attached hydrogens (tertiary/aromatic N) is 1. The highest BCUT2D eigenvalue weighted by molar-refractivity contribution is 5.83. The van der Waals surface area contributed by atoms with E-state index in [1.54, 1.807) is 7.11 Å². The number of aliphatic hydroxyl groups excluding tert-OH is 1. The summed E-state index contributed by atoms with van der Waals surface area (Å²) in [6.45, 7) is 6.58. The standard InChI is InChI=1S/C22H26N2O2/c1-3-10-24(15-17-5-4-6-20(12-17)26-2)11-9-19-14-23-22-8-7-18(16-25)13-21(19)22/h3-8,12-14,23,25H,1,9-11,15-16H2,2H3. The molecule has 2 aromatic carbocycles. The van der Waals surface area contributed by atoms with Crippen LogP contribution in [0.4, 0.5) is 0 Å². The highest BCUT2D eigenvalue weighted by Crippen LogP contribution is 2.21. The quantitative estimate of drug-likeness (QED) is 0.576. The fraction of sp³-hybridized carbons (Fsp3) is 0.273. The number of rotatable bonds is 9. The Morgan fingerprint density at radius 3 is 2.85 bits per heavy atom. The van der Waals surface area contributed by atoms with Crippen LogP contribution in [0.3, 0.4) is 0 Å². The minimum atomic E-state index is 0.0684. The average Bonchev–Trinajstić information content (AvgIpc) is 3.08. The van der Waals surface area contributed by atoms with Crippen molar-refractivity contribution in [3.8, 4) is 5.75 Å². The normalized spacial score (nSPS) is 11.2. The second-order valence-corrected chi connectivity index (χ2v) is 6.48. The monoisotopic (exact) mass is 350 g/mol. The van der Waals surface area contributed by atoms with Gasteiger partial charge in [-0.05, 0) is 47.4 Å². The molecule has 0 aliphatic carbocycles. The van der Waals surface area contributed by atoms with E-state index in [1.807, 2.05) is 30.3 Å². The lowest BCUT2D eigenvalue weighted by molar-refractivity contribution is 0.282. The van der Waals surface area contributed by atoms with Crippen LogP contribution in [0, 0.1) is 0 Å². The molecule has 2 N–H and O–H groups in total. The Kier molecular flexibility index (Phi) is 6.10. The van der Waals surface area contributed by atoms with Crippen molar-refractivity contribution in [1.82, 2.24) is 9.88 Å². The number of nitrogens with one attached hydrogen (secondary N) is 1. The van der Waals surface area contributed by atoms with Crippen molar-refractivity contribution in [3.05, 3.63) is 78.0 Å². The summed E-state index contributed by atoms with van der Waals surface area (Å²) in [5, 5.41) is 10.6. The highest BCUT2D eigenvalue weighted by atomic mass is 16.5. The fourth-order valence-electron chi connectivity index (χ4n) is 3.26. The molecule has 1 heterocycles. The molecule has 0 fully saturated rings. The van der Waals surface area contributed by atoms with Crippen LogP contribution < -0.4 is 4.74 Å². The summed E-state index contributed by atoms with van der Waals surface area (Å²) in [7, 11) is 1.69. The number of aromatic amines is 1. The first-order valence-electron chi connectivity index (χ1n) is 8.89. The van der Waals surface area contributed by atoms with Crippen molar-refractivity contribution < 1.29 is 9.84 Å². The highest BCUT2D eigenvalue weighted by Gasteiger charge is 2.09. The molecule has 4 nitrogen and oxygen atoms in total. The van der Waals surface area contributed by atoms with Gasteiger partial charge in [-0.15, -0.1) is 6.58 Å². The van der Waals surface area contributed by atoms with Crippen LogP contribution in [-0.2, 0) is 19.6 Å². The van der Waals surface area contributed by atoms with Gasteiger partial charge in [-0.3, -0.25) is 4.90 Å². The molecule has 136 valence electrons. The second-order valence-electron chi connectivity index (χ2n) is 6.48. The van der Waals surface area contributed by atoms with Crippen molar-refractivity contribution in [2.24, 2.45) is 0 Å². The maximum atomic E-state index is 9.38. The minimum absolute atomic E-state index is 0.0684. The van der Waals surface area contributed by atoms with E-state index in [-0.39, 0.29) is 6.61 Å². The lowest BCUT2D eigenvalue weighted by Crippen LogP contribution is -2.25. The zero-order chi connectivity index (χ0) is 18.4. The van der Waals surface area contributed by atoms with Crippen molar-refractivity contribution >= 4 is 10.9 Å². The molecule has 3 rings (SSSR count). The molecule has 0 aliphatic rings. The molecule has 0 aliphatic heterocycles. The van der Waals surface area contributed by atoms with Crippen LogP contribution >= 0.6 is 0 Å². The van der Waals surface area contributed by atoms with Crippen LogP contribution in [0.5, 0.6) is 5.75 Å². The number of hydrogen-bond acceptors (Lipinski definition) is 3. The van der Waals surface area contributed by atoms with E-state index in [2.05, 4.69) is 40.9 Å². The van der Waals surface area contributed by atoms with E-state index < -0.39 is 0 Å². The van der Waals surface area contributed by atoms with Crippen LogP contribution in [0.15, 0.2) is 61.3 Å². The number of methoxy groups -OCH3 is 1. The maximum Gasteiger partial charge on any atom is 0.119 e. The third kappa shape index (κ3) is 4.34. The fourth-order valence-corrected chi connectivity index (χ4v) is 3.26.